The zero-order valence-corrected chi connectivity index (χ0v) is 11.1. The van der Waals surface area contributed by atoms with Crippen LogP contribution < -0.4 is 11.1 Å². The molecule has 0 aliphatic rings. The van der Waals surface area contributed by atoms with E-state index in [1.807, 2.05) is 0 Å². The van der Waals surface area contributed by atoms with Crippen molar-refractivity contribution in [1.29, 1.82) is 0 Å². The Labute approximate surface area is 120 Å². The van der Waals surface area contributed by atoms with E-state index in [0.29, 0.717) is 16.8 Å². The molecule has 2 aromatic rings. The Balaban J connectivity index is 2.16. The van der Waals surface area contributed by atoms with Crippen molar-refractivity contribution in [1.82, 2.24) is 0 Å². The Morgan fingerprint density at radius 2 is 1.86 bits per heavy atom. The molecule has 0 aromatic heterocycles. The van der Waals surface area contributed by atoms with Crippen molar-refractivity contribution < 1.29 is 14.4 Å². The van der Waals surface area contributed by atoms with Crippen molar-refractivity contribution in [3.8, 4) is 0 Å². The Morgan fingerprint density at radius 1 is 1.19 bits per heavy atom. The number of nitrogens with zero attached hydrogens (tertiary/aromatic N) is 1. The molecule has 0 atom stereocenters. The SMILES string of the molecule is N/C(=N/O)c1ccccc1NC(=O)Cc1ccccc1F. The number of nitrogens with two attached hydrogens (primary N) is 1. The van der Waals surface area contributed by atoms with Crippen molar-refractivity contribution in [3.05, 3.63) is 65.5 Å². The van der Waals surface area contributed by atoms with Crippen LogP contribution in [0.15, 0.2) is 53.7 Å². The van der Waals surface area contributed by atoms with Gasteiger partial charge in [-0.25, -0.2) is 4.39 Å². The minimum atomic E-state index is -0.433. The molecule has 4 N–H and O–H groups in total. The molecule has 5 nitrogen and oxygen atoms in total. The fourth-order valence-electron chi connectivity index (χ4n) is 1.88. The summed E-state index contributed by atoms with van der Waals surface area (Å²) in [6.45, 7) is 0. The number of oxime groups is 1. The lowest BCUT2D eigenvalue weighted by molar-refractivity contribution is -0.115. The number of benzene rings is 2. The zero-order chi connectivity index (χ0) is 15.2. The summed E-state index contributed by atoms with van der Waals surface area (Å²) in [7, 11) is 0. The fourth-order valence-corrected chi connectivity index (χ4v) is 1.88. The number of anilines is 1. The van der Waals surface area contributed by atoms with E-state index in [4.69, 9.17) is 10.9 Å². The van der Waals surface area contributed by atoms with E-state index >= 15 is 0 Å². The minimum absolute atomic E-state index is 0.100. The van der Waals surface area contributed by atoms with Gasteiger partial charge in [0, 0.05) is 5.56 Å². The molecule has 6 heteroatoms. The molecule has 2 aromatic carbocycles. The molecule has 21 heavy (non-hydrogen) atoms. The van der Waals surface area contributed by atoms with Gasteiger partial charge in [-0.3, -0.25) is 4.79 Å². The van der Waals surface area contributed by atoms with Gasteiger partial charge in [0.1, 0.15) is 5.82 Å². The van der Waals surface area contributed by atoms with Crippen LogP contribution in [0.25, 0.3) is 0 Å². The molecule has 0 radical (unpaired) electrons. The molecular weight excluding hydrogens is 273 g/mol. The maximum atomic E-state index is 13.5. The molecule has 0 unspecified atom stereocenters. The van der Waals surface area contributed by atoms with Gasteiger partial charge in [0.25, 0.3) is 0 Å². The molecule has 0 aliphatic carbocycles. The lowest BCUT2D eigenvalue weighted by Gasteiger charge is -2.10. The summed E-state index contributed by atoms with van der Waals surface area (Å²) in [4.78, 5) is 12.0. The van der Waals surface area contributed by atoms with Crippen LogP contribution in [0.4, 0.5) is 10.1 Å². The molecule has 2 rings (SSSR count). The first kappa shape index (κ1) is 14.5. The summed E-state index contributed by atoms with van der Waals surface area (Å²) in [6, 6.07) is 12.7. The molecule has 0 saturated heterocycles. The van der Waals surface area contributed by atoms with Gasteiger partial charge < -0.3 is 16.3 Å². The van der Waals surface area contributed by atoms with Gasteiger partial charge in [0.05, 0.1) is 12.1 Å². The Kier molecular flexibility index (Phi) is 4.50. The van der Waals surface area contributed by atoms with E-state index in [-0.39, 0.29) is 12.3 Å². The third-order valence-corrected chi connectivity index (χ3v) is 2.89. The van der Waals surface area contributed by atoms with Crippen LogP contribution >= 0.6 is 0 Å². The smallest absolute Gasteiger partial charge is 0.228 e. The maximum absolute atomic E-state index is 13.5. The molecular formula is C15H14FN3O2. The largest absolute Gasteiger partial charge is 0.409 e. The second-order valence-electron chi connectivity index (χ2n) is 4.35. The highest BCUT2D eigenvalue weighted by Gasteiger charge is 2.11. The fraction of sp³-hybridized carbons (Fsp3) is 0.0667. The molecule has 108 valence electrons. The number of carbonyl (C=O) groups is 1. The summed E-state index contributed by atoms with van der Waals surface area (Å²) < 4.78 is 13.5. The third kappa shape index (κ3) is 3.56. The highest BCUT2D eigenvalue weighted by molar-refractivity contribution is 6.05. The van der Waals surface area contributed by atoms with E-state index < -0.39 is 11.7 Å². The third-order valence-electron chi connectivity index (χ3n) is 2.89. The van der Waals surface area contributed by atoms with Crippen LogP contribution in [-0.2, 0) is 11.2 Å². The lowest BCUT2D eigenvalue weighted by atomic mass is 10.1. The second kappa shape index (κ2) is 6.51. The number of hydrogen-bond acceptors (Lipinski definition) is 3. The quantitative estimate of drug-likeness (QED) is 0.348. The Bertz CT molecular complexity index is 686. The van der Waals surface area contributed by atoms with E-state index in [1.54, 1.807) is 42.5 Å². The van der Waals surface area contributed by atoms with Crippen molar-refractivity contribution in [2.45, 2.75) is 6.42 Å². The number of amides is 1. The normalized spacial score (nSPS) is 11.2. The summed E-state index contributed by atoms with van der Waals surface area (Å²) in [6.07, 6.45) is -0.100. The van der Waals surface area contributed by atoms with E-state index in [9.17, 15) is 9.18 Å². The number of nitrogens with one attached hydrogen (secondary N) is 1. The monoisotopic (exact) mass is 287 g/mol. The Morgan fingerprint density at radius 3 is 2.57 bits per heavy atom. The predicted molar refractivity (Wildman–Crippen MR) is 77.7 cm³/mol. The number of amidine groups is 1. The first-order valence-corrected chi connectivity index (χ1v) is 6.22. The number of para-hydroxylation sites is 1. The number of hydrogen-bond donors (Lipinski definition) is 3. The maximum Gasteiger partial charge on any atom is 0.228 e. The van der Waals surface area contributed by atoms with Crippen LogP contribution in [-0.4, -0.2) is 17.0 Å². The summed E-state index contributed by atoms with van der Waals surface area (Å²) in [5.74, 6) is -0.938. The molecule has 0 aliphatic heterocycles. The number of carbonyl (C=O) groups excluding carboxylic acids is 1. The van der Waals surface area contributed by atoms with Crippen LogP contribution in [0, 0.1) is 5.82 Å². The highest BCUT2D eigenvalue weighted by Crippen LogP contribution is 2.15. The number of halogens is 1. The minimum Gasteiger partial charge on any atom is -0.409 e. The van der Waals surface area contributed by atoms with Gasteiger partial charge >= 0.3 is 0 Å². The molecule has 0 spiro atoms. The second-order valence-corrected chi connectivity index (χ2v) is 4.35. The summed E-state index contributed by atoms with van der Waals surface area (Å²) in [5.41, 5.74) is 6.63. The zero-order valence-electron chi connectivity index (χ0n) is 11.1. The standard InChI is InChI=1S/C15H14FN3O2/c16-12-7-3-1-5-10(12)9-14(20)18-13-8-4-2-6-11(13)15(17)19-21/h1-8,21H,9H2,(H2,17,19)(H,18,20). The van der Waals surface area contributed by atoms with Gasteiger partial charge in [-0.1, -0.05) is 35.5 Å². The highest BCUT2D eigenvalue weighted by atomic mass is 19.1. The molecule has 0 bridgehead atoms. The van der Waals surface area contributed by atoms with Gasteiger partial charge in [-0.05, 0) is 23.8 Å². The van der Waals surface area contributed by atoms with E-state index in [0.717, 1.165) is 0 Å². The molecule has 0 fully saturated rings. The summed E-state index contributed by atoms with van der Waals surface area (Å²) >= 11 is 0. The van der Waals surface area contributed by atoms with Crippen molar-refractivity contribution >= 4 is 17.4 Å². The van der Waals surface area contributed by atoms with Gasteiger partial charge in [0.15, 0.2) is 5.84 Å². The number of rotatable bonds is 4. The van der Waals surface area contributed by atoms with Gasteiger partial charge in [-0.2, -0.15) is 0 Å². The van der Waals surface area contributed by atoms with Crippen molar-refractivity contribution in [3.63, 3.8) is 0 Å². The van der Waals surface area contributed by atoms with Crippen molar-refractivity contribution in [2.75, 3.05) is 5.32 Å². The van der Waals surface area contributed by atoms with Crippen molar-refractivity contribution in [2.24, 2.45) is 10.9 Å². The van der Waals surface area contributed by atoms with Gasteiger partial charge in [0.2, 0.25) is 5.91 Å². The van der Waals surface area contributed by atoms with Crippen LogP contribution in [0.1, 0.15) is 11.1 Å². The molecule has 0 heterocycles. The first-order chi connectivity index (χ1) is 10.1. The summed E-state index contributed by atoms with van der Waals surface area (Å²) in [5, 5.41) is 14.3. The van der Waals surface area contributed by atoms with E-state index in [1.165, 1.54) is 6.07 Å². The lowest BCUT2D eigenvalue weighted by Crippen LogP contribution is -2.20. The first-order valence-electron chi connectivity index (χ1n) is 6.22. The Hall–Kier alpha value is -2.89. The van der Waals surface area contributed by atoms with E-state index in [2.05, 4.69) is 10.5 Å². The van der Waals surface area contributed by atoms with Crippen LogP contribution in [0.5, 0.6) is 0 Å². The van der Waals surface area contributed by atoms with Gasteiger partial charge in [-0.15, -0.1) is 0 Å². The topological polar surface area (TPSA) is 87.7 Å². The average molecular weight is 287 g/mol. The average Bonchev–Trinajstić information content (AvgIpc) is 2.49. The molecule has 1 amide bonds. The van der Waals surface area contributed by atoms with Crippen LogP contribution in [0.3, 0.4) is 0 Å². The van der Waals surface area contributed by atoms with Crippen LogP contribution in [0.2, 0.25) is 0 Å². The molecule has 0 saturated carbocycles. The predicted octanol–water partition coefficient (Wildman–Crippen LogP) is 2.10.